The minimum absolute atomic E-state index is 0.0743. The molecule has 0 radical (unpaired) electrons. The number of furan rings is 1. The normalized spacial score (nSPS) is 14.7. The number of aromatic nitrogens is 2. The maximum absolute atomic E-state index is 9.79. The molecule has 232 valence electrons. The highest BCUT2D eigenvalue weighted by Crippen LogP contribution is 2.56. The Kier molecular flexibility index (Phi) is 6.14. The summed E-state index contributed by atoms with van der Waals surface area (Å²) in [6.45, 7) is 0. The van der Waals surface area contributed by atoms with Gasteiger partial charge in [0.15, 0.2) is 5.82 Å². The van der Waals surface area contributed by atoms with Crippen molar-refractivity contribution in [3.63, 3.8) is 0 Å². The topological polar surface area (TPSA) is 62.7 Å². The summed E-state index contributed by atoms with van der Waals surface area (Å²) in [4.78, 5) is 10.5. The van der Waals surface area contributed by atoms with Crippen molar-refractivity contribution in [2.24, 2.45) is 0 Å². The molecule has 4 nitrogen and oxygen atoms in total. The van der Waals surface area contributed by atoms with Gasteiger partial charge in [0, 0.05) is 32.9 Å². The van der Waals surface area contributed by atoms with Crippen LogP contribution in [0.3, 0.4) is 0 Å². The number of para-hydroxylation sites is 1. The van der Waals surface area contributed by atoms with Crippen molar-refractivity contribution >= 4 is 32.7 Å². The first-order chi connectivity index (χ1) is 24.2. The highest BCUT2D eigenvalue weighted by molar-refractivity contribution is 6.05. The van der Waals surface area contributed by atoms with Crippen molar-refractivity contribution in [2.45, 2.75) is 37.5 Å². The molecule has 0 N–H and O–H groups in total. The fourth-order valence-corrected chi connectivity index (χ4v) is 8.50. The number of hydrogen-bond donors (Lipinski definition) is 0. The Morgan fingerprint density at radius 2 is 1.22 bits per heavy atom. The quantitative estimate of drug-likeness (QED) is 0.195. The molecule has 0 saturated heterocycles. The van der Waals surface area contributed by atoms with Crippen LogP contribution in [0, 0.1) is 11.3 Å². The third-order valence-corrected chi connectivity index (χ3v) is 10.9. The summed E-state index contributed by atoms with van der Waals surface area (Å²) in [5.41, 5.74) is 12.4. The van der Waals surface area contributed by atoms with Crippen LogP contribution >= 0.6 is 0 Å². The van der Waals surface area contributed by atoms with Gasteiger partial charge >= 0.3 is 0 Å². The molecule has 10 rings (SSSR count). The predicted molar refractivity (Wildman–Crippen MR) is 197 cm³/mol. The van der Waals surface area contributed by atoms with Crippen LogP contribution in [0.15, 0.2) is 132 Å². The largest absolute Gasteiger partial charge is 0.456 e. The highest BCUT2D eigenvalue weighted by atomic mass is 16.3. The van der Waals surface area contributed by atoms with Gasteiger partial charge in [-0.3, -0.25) is 0 Å². The molecule has 0 bridgehead atoms. The zero-order valence-electron chi connectivity index (χ0n) is 26.9. The van der Waals surface area contributed by atoms with Crippen LogP contribution in [0.2, 0.25) is 0 Å². The van der Waals surface area contributed by atoms with Gasteiger partial charge in [-0.1, -0.05) is 98.1 Å². The Morgan fingerprint density at radius 3 is 2.06 bits per heavy atom. The van der Waals surface area contributed by atoms with Crippen LogP contribution in [0.5, 0.6) is 0 Å². The lowest BCUT2D eigenvalue weighted by molar-refractivity contribution is 0.353. The van der Waals surface area contributed by atoms with Gasteiger partial charge in [0.05, 0.1) is 23.0 Å². The van der Waals surface area contributed by atoms with Crippen molar-refractivity contribution in [1.82, 2.24) is 9.97 Å². The Morgan fingerprint density at radius 1 is 0.551 bits per heavy atom. The standard InChI is InChI=1S/C45H31N3O/c46-27-28-12-17-34-35-18-15-32(24-39(35)45(38(34)22-28)20-6-1-7-21-45)41-26-40(31-14-13-29-8-2-3-9-30(29)23-31)47-44(48-41)33-16-19-37-36-10-4-5-11-42(36)49-43(37)25-33/h2-5,8-19,22-26H,1,6-7,20-21H2. The Bertz CT molecular complexity index is 2670. The van der Waals surface area contributed by atoms with E-state index in [1.165, 1.54) is 52.3 Å². The molecule has 0 atom stereocenters. The maximum atomic E-state index is 9.79. The number of hydrogen-bond acceptors (Lipinski definition) is 4. The van der Waals surface area contributed by atoms with Crippen LogP contribution in [-0.4, -0.2) is 9.97 Å². The first kappa shape index (κ1) is 28.0. The first-order valence-electron chi connectivity index (χ1n) is 17.2. The molecule has 4 heteroatoms. The van der Waals surface area contributed by atoms with Crippen molar-refractivity contribution in [3.8, 4) is 51.1 Å². The second-order valence-corrected chi connectivity index (χ2v) is 13.6. The summed E-state index contributed by atoms with van der Waals surface area (Å²) in [5.74, 6) is 0.665. The smallest absolute Gasteiger partial charge is 0.160 e. The van der Waals surface area contributed by atoms with Gasteiger partial charge < -0.3 is 4.42 Å². The molecule has 1 spiro atoms. The monoisotopic (exact) mass is 629 g/mol. The lowest BCUT2D eigenvalue weighted by atomic mass is 9.67. The minimum Gasteiger partial charge on any atom is -0.456 e. The molecule has 8 aromatic rings. The predicted octanol–water partition coefficient (Wildman–Crippen LogP) is 11.6. The zero-order chi connectivity index (χ0) is 32.5. The fraction of sp³-hybridized carbons (Fsp3) is 0.133. The van der Waals surface area contributed by atoms with Gasteiger partial charge in [0.25, 0.3) is 0 Å². The summed E-state index contributed by atoms with van der Waals surface area (Å²) in [6, 6.07) is 47.1. The summed E-state index contributed by atoms with van der Waals surface area (Å²) < 4.78 is 6.28. The van der Waals surface area contributed by atoms with E-state index in [4.69, 9.17) is 14.4 Å². The number of rotatable bonds is 3. The van der Waals surface area contributed by atoms with Crippen molar-refractivity contribution in [3.05, 3.63) is 144 Å². The Balaban J connectivity index is 1.17. The van der Waals surface area contributed by atoms with E-state index in [-0.39, 0.29) is 5.41 Å². The lowest BCUT2D eigenvalue weighted by Crippen LogP contribution is -2.28. The molecule has 6 aromatic carbocycles. The van der Waals surface area contributed by atoms with Gasteiger partial charge in [0.2, 0.25) is 0 Å². The van der Waals surface area contributed by atoms with E-state index in [1.54, 1.807) is 0 Å². The van der Waals surface area contributed by atoms with Gasteiger partial charge in [-0.05, 0) is 94.4 Å². The van der Waals surface area contributed by atoms with E-state index in [1.807, 2.05) is 24.3 Å². The SMILES string of the molecule is N#Cc1ccc2c(c1)C1(CCCCC1)c1cc(-c3cc(-c4ccc5ccccc5c4)nc(-c4ccc5c(c4)oc4ccccc45)n3)ccc1-2. The van der Waals surface area contributed by atoms with Crippen molar-refractivity contribution in [2.75, 3.05) is 0 Å². The van der Waals surface area contributed by atoms with Crippen LogP contribution in [0.1, 0.15) is 48.8 Å². The van der Waals surface area contributed by atoms with Crippen LogP contribution in [-0.2, 0) is 5.41 Å². The number of fused-ring (bicyclic) bond motifs is 9. The molecule has 2 aliphatic rings. The summed E-state index contributed by atoms with van der Waals surface area (Å²) >= 11 is 0. The fourth-order valence-electron chi connectivity index (χ4n) is 8.50. The summed E-state index contributed by atoms with van der Waals surface area (Å²) in [6.07, 6.45) is 5.83. The van der Waals surface area contributed by atoms with E-state index in [0.29, 0.717) is 5.82 Å². The van der Waals surface area contributed by atoms with E-state index in [0.717, 1.165) is 68.4 Å². The Hall–Kier alpha value is -6.05. The average Bonchev–Trinajstić information content (AvgIpc) is 3.66. The van der Waals surface area contributed by atoms with Gasteiger partial charge in [-0.2, -0.15) is 5.26 Å². The molecule has 2 heterocycles. The van der Waals surface area contributed by atoms with Gasteiger partial charge in [-0.25, -0.2) is 9.97 Å². The number of benzene rings is 6. The molecular weight excluding hydrogens is 599 g/mol. The third kappa shape index (κ3) is 4.36. The van der Waals surface area contributed by atoms with E-state index < -0.39 is 0 Å². The summed E-state index contributed by atoms with van der Waals surface area (Å²) in [5, 5.41) is 14.4. The van der Waals surface area contributed by atoms with E-state index >= 15 is 0 Å². The summed E-state index contributed by atoms with van der Waals surface area (Å²) in [7, 11) is 0. The molecule has 1 saturated carbocycles. The number of nitrogens with zero attached hydrogens (tertiary/aromatic N) is 3. The average molecular weight is 630 g/mol. The van der Waals surface area contributed by atoms with E-state index in [9.17, 15) is 5.26 Å². The second-order valence-electron chi connectivity index (χ2n) is 13.6. The van der Waals surface area contributed by atoms with Crippen LogP contribution < -0.4 is 0 Å². The third-order valence-electron chi connectivity index (χ3n) is 10.9. The number of nitriles is 1. The molecular formula is C45H31N3O. The molecule has 1 fully saturated rings. The Labute approximate surface area is 284 Å². The maximum Gasteiger partial charge on any atom is 0.160 e. The minimum atomic E-state index is -0.0743. The molecule has 2 aromatic heterocycles. The van der Waals surface area contributed by atoms with Gasteiger partial charge in [0.1, 0.15) is 11.2 Å². The molecule has 0 amide bonds. The second kappa shape index (κ2) is 10.7. The zero-order valence-corrected chi connectivity index (χ0v) is 26.9. The van der Waals surface area contributed by atoms with Crippen molar-refractivity contribution in [1.29, 1.82) is 5.26 Å². The highest BCUT2D eigenvalue weighted by Gasteiger charge is 2.44. The van der Waals surface area contributed by atoms with Crippen LogP contribution in [0.25, 0.3) is 77.7 Å². The molecule has 49 heavy (non-hydrogen) atoms. The molecule has 2 aliphatic carbocycles. The first-order valence-corrected chi connectivity index (χ1v) is 17.2. The van der Waals surface area contributed by atoms with Gasteiger partial charge in [-0.15, -0.1) is 0 Å². The molecule has 0 aliphatic heterocycles. The van der Waals surface area contributed by atoms with Crippen LogP contribution in [0.4, 0.5) is 0 Å². The van der Waals surface area contributed by atoms with E-state index in [2.05, 4.69) is 109 Å². The lowest BCUT2D eigenvalue weighted by Gasteiger charge is -2.36. The van der Waals surface area contributed by atoms with Crippen molar-refractivity contribution < 1.29 is 4.42 Å². The molecule has 0 unspecified atom stereocenters.